The van der Waals surface area contributed by atoms with Crippen molar-refractivity contribution in [3.05, 3.63) is 23.4 Å². The van der Waals surface area contributed by atoms with Gasteiger partial charge in [-0.15, -0.1) is 0 Å². The van der Waals surface area contributed by atoms with Crippen LogP contribution in [0.15, 0.2) is 12.1 Å². The summed E-state index contributed by atoms with van der Waals surface area (Å²) in [5.74, 6) is 0.626. The molecule has 0 bridgehead atoms. The third-order valence-electron chi connectivity index (χ3n) is 2.48. The highest BCUT2D eigenvalue weighted by atomic mass is 16.2. The lowest BCUT2D eigenvalue weighted by Crippen LogP contribution is -2.37. The van der Waals surface area contributed by atoms with Crippen LogP contribution in [-0.4, -0.2) is 30.5 Å². The molecule has 1 aromatic rings. The van der Waals surface area contributed by atoms with Crippen LogP contribution in [0.5, 0.6) is 0 Å². The second-order valence-corrected chi connectivity index (χ2v) is 3.93. The zero-order valence-electron chi connectivity index (χ0n) is 11.0. The van der Waals surface area contributed by atoms with Crippen molar-refractivity contribution in [3.63, 3.8) is 0 Å². The first-order chi connectivity index (χ1) is 8.60. The molecule has 0 unspecified atom stereocenters. The number of aromatic nitrogens is 1. The lowest BCUT2D eigenvalue weighted by Gasteiger charge is -2.21. The zero-order valence-corrected chi connectivity index (χ0v) is 11.0. The molecule has 5 heteroatoms. The van der Waals surface area contributed by atoms with Crippen molar-refractivity contribution in [3.8, 4) is 6.07 Å². The van der Waals surface area contributed by atoms with Gasteiger partial charge in [0.15, 0.2) is 0 Å². The summed E-state index contributed by atoms with van der Waals surface area (Å²) in [4.78, 5) is 17.8. The Balaban J connectivity index is 2.91. The van der Waals surface area contributed by atoms with Crippen LogP contribution in [0, 0.1) is 18.3 Å². The van der Waals surface area contributed by atoms with Gasteiger partial charge >= 0.3 is 0 Å². The quantitative estimate of drug-likeness (QED) is 0.848. The highest BCUT2D eigenvalue weighted by Gasteiger charge is 2.11. The summed E-state index contributed by atoms with van der Waals surface area (Å²) in [7, 11) is 0. The summed E-state index contributed by atoms with van der Waals surface area (Å²) in [6.45, 7) is 7.21. The van der Waals surface area contributed by atoms with Crippen molar-refractivity contribution in [1.82, 2.24) is 10.3 Å². The molecule has 0 aliphatic carbocycles. The highest BCUT2D eigenvalue weighted by Crippen LogP contribution is 2.14. The maximum atomic E-state index is 11.6. The van der Waals surface area contributed by atoms with Gasteiger partial charge < -0.3 is 10.2 Å². The summed E-state index contributed by atoms with van der Waals surface area (Å²) < 4.78 is 0. The van der Waals surface area contributed by atoms with Gasteiger partial charge in [0, 0.05) is 18.8 Å². The fourth-order valence-electron chi connectivity index (χ4n) is 1.66. The van der Waals surface area contributed by atoms with Crippen molar-refractivity contribution >= 4 is 11.7 Å². The Bertz CT molecular complexity index is 465. The standard InChI is InChI=1S/C13H18N4O/c1-4-15-13(18)9-17(5-2)12-7-11(8-14)6-10(3)16-12/h6-7H,4-5,9H2,1-3H3,(H,15,18). The van der Waals surface area contributed by atoms with Crippen LogP contribution in [-0.2, 0) is 4.79 Å². The molecule has 1 amide bonds. The van der Waals surface area contributed by atoms with Crippen LogP contribution in [0.1, 0.15) is 25.1 Å². The van der Waals surface area contributed by atoms with Crippen LogP contribution in [0.2, 0.25) is 0 Å². The molecule has 0 fully saturated rings. The summed E-state index contributed by atoms with van der Waals surface area (Å²) in [6, 6.07) is 5.53. The second-order valence-electron chi connectivity index (χ2n) is 3.93. The first-order valence-electron chi connectivity index (χ1n) is 6.01. The summed E-state index contributed by atoms with van der Waals surface area (Å²) in [5.41, 5.74) is 1.34. The predicted molar refractivity (Wildman–Crippen MR) is 70.3 cm³/mol. The Hall–Kier alpha value is -2.09. The van der Waals surface area contributed by atoms with E-state index in [1.54, 1.807) is 12.1 Å². The Kier molecular flexibility index (Phi) is 5.12. The number of hydrogen-bond acceptors (Lipinski definition) is 4. The molecule has 1 N–H and O–H groups in total. The van der Waals surface area contributed by atoms with Gasteiger partial charge in [0.05, 0.1) is 18.2 Å². The number of anilines is 1. The first kappa shape index (κ1) is 14.0. The topological polar surface area (TPSA) is 69.0 Å². The number of amides is 1. The predicted octanol–water partition coefficient (Wildman–Crippen LogP) is 1.22. The van der Waals surface area contributed by atoms with Crippen LogP contribution in [0.3, 0.4) is 0 Å². The van der Waals surface area contributed by atoms with E-state index in [0.29, 0.717) is 24.5 Å². The third-order valence-corrected chi connectivity index (χ3v) is 2.48. The largest absolute Gasteiger partial charge is 0.355 e. The van der Waals surface area contributed by atoms with Gasteiger partial charge in [0.1, 0.15) is 5.82 Å². The molecule has 1 aromatic heterocycles. The maximum Gasteiger partial charge on any atom is 0.239 e. The smallest absolute Gasteiger partial charge is 0.239 e. The third kappa shape index (κ3) is 3.74. The number of nitrogens with zero attached hydrogens (tertiary/aromatic N) is 3. The zero-order chi connectivity index (χ0) is 13.5. The van der Waals surface area contributed by atoms with Crippen LogP contribution in [0.25, 0.3) is 0 Å². The molecule has 0 saturated carbocycles. The molecule has 0 radical (unpaired) electrons. The first-order valence-corrected chi connectivity index (χ1v) is 6.01. The minimum absolute atomic E-state index is 0.0406. The normalized spacial score (nSPS) is 9.67. The second kappa shape index (κ2) is 6.60. The number of rotatable bonds is 5. The van der Waals surface area contributed by atoms with E-state index in [4.69, 9.17) is 5.26 Å². The minimum Gasteiger partial charge on any atom is -0.355 e. The summed E-state index contributed by atoms with van der Waals surface area (Å²) in [6.07, 6.45) is 0. The van der Waals surface area contributed by atoms with Crippen molar-refractivity contribution < 1.29 is 4.79 Å². The molecule has 0 atom stereocenters. The molecule has 0 saturated heterocycles. The molecule has 0 aromatic carbocycles. The van der Waals surface area contributed by atoms with Crippen molar-refractivity contribution in [2.75, 3.05) is 24.5 Å². The van der Waals surface area contributed by atoms with Gasteiger partial charge in [-0.1, -0.05) is 0 Å². The van der Waals surface area contributed by atoms with E-state index in [2.05, 4.69) is 16.4 Å². The summed E-state index contributed by atoms with van der Waals surface area (Å²) >= 11 is 0. The van der Waals surface area contributed by atoms with Crippen molar-refractivity contribution in [2.24, 2.45) is 0 Å². The van der Waals surface area contributed by atoms with Gasteiger partial charge in [0.2, 0.25) is 5.91 Å². The average Bonchev–Trinajstić information content (AvgIpc) is 2.35. The number of aryl methyl sites for hydroxylation is 1. The number of hydrogen-bond donors (Lipinski definition) is 1. The van der Waals surface area contributed by atoms with Crippen LogP contribution in [0.4, 0.5) is 5.82 Å². The summed E-state index contributed by atoms with van der Waals surface area (Å²) in [5, 5.41) is 11.7. The number of nitriles is 1. The minimum atomic E-state index is -0.0406. The fourth-order valence-corrected chi connectivity index (χ4v) is 1.66. The van der Waals surface area contributed by atoms with Crippen molar-refractivity contribution in [2.45, 2.75) is 20.8 Å². The number of likely N-dealkylation sites (N-methyl/N-ethyl adjacent to an activating group) is 2. The van der Waals surface area contributed by atoms with E-state index in [1.165, 1.54) is 0 Å². The molecule has 18 heavy (non-hydrogen) atoms. The lowest BCUT2D eigenvalue weighted by molar-refractivity contribution is -0.119. The molecule has 5 nitrogen and oxygen atoms in total. The van der Waals surface area contributed by atoms with Gasteiger partial charge in [-0.3, -0.25) is 4.79 Å². The fraction of sp³-hybridized carbons (Fsp3) is 0.462. The number of carbonyl (C=O) groups is 1. The van der Waals surface area contributed by atoms with Crippen molar-refractivity contribution in [1.29, 1.82) is 5.26 Å². The molecular formula is C13H18N4O. The number of pyridine rings is 1. The lowest BCUT2D eigenvalue weighted by atomic mass is 10.2. The monoisotopic (exact) mass is 246 g/mol. The van der Waals surface area contributed by atoms with E-state index in [1.807, 2.05) is 25.7 Å². The average molecular weight is 246 g/mol. The molecule has 0 aliphatic rings. The Morgan fingerprint density at radius 1 is 1.50 bits per heavy atom. The number of nitrogens with one attached hydrogen (secondary N) is 1. The van der Waals surface area contributed by atoms with Gasteiger partial charge in [0.25, 0.3) is 0 Å². The molecule has 0 aliphatic heterocycles. The SMILES string of the molecule is CCNC(=O)CN(CC)c1cc(C#N)cc(C)n1. The van der Waals surface area contributed by atoms with Gasteiger partial charge in [-0.05, 0) is 32.9 Å². The van der Waals surface area contributed by atoms with E-state index >= 15 is 0 Å². The Morgan fingerprint density at radius 3 is 2.78 bits per heavy atom. The number of carbonyl (C=O) groups excluding carboxylic acids is 1. The van der Waals surface area contributed by atoms with E-state index in [-0.39, 0.29) is 12.5 Å². The molecule has 1 heterocycles. The molecule has 96 valence electrons. The molecular weight excluding hydrogens is 228 g/mol. The van der Waals surface area contributed by atoms with Gasteiger partial charge in [-0.2, -0.15) is 5.26 Å². The Labute approximate surface area is 107 Å². The highest BCUT2D eigenvalue weighted by molar-refractivity contribution is 5.81. The van der Waals surface area contributed by atoms with Crippen LogP contribution >= 0.6 is 0 Å². The van der Waals surface area contributed by atoms with Crippen LogP contribution < -0.4 is 10.2 Å². The Morgan fingerprint density at radius 2 is 2.22 bits per heavy atom. The van der Waals surface area contributed by atoms with E-state index in [0.717, 1.165) is 5.69 Å². The molecule has 0 spiro atoms. The molecule has 1 rings (SSSR count). The van der Waals surface area contributed by atoms with E-state index < -0.39 is 0 Å². The van der Waals surface area contributed by atoms with Gasteiger partial charge in [-0.25, -0.2) is 4.98 Å². The maximum absolute atomic E-state index is 11.6. The van der Waals surface area contributed by atoms with E-state index in [9.17, 15) is 4.79 Å².